The zero-order valence-corrected chi connectivity index (χ0v) is 17.4. The number of rotatable bonds is 4. The Kier molecular flexibility index (Phi) is 4.26. The molecule has 0 aliphatic heterocycles. The standard InChI is InChI=1S/C26H18N6O/c27-24(33)15-1-3-16(4-2-15)25-29-20-7-5-18(13-22(20)31-25)19-6-8-21-23(14-19)32-26(30-21)17-9-11-28-12-10-17/h1-14H,(H2,27,33)(H,29,31)(H,30,32). The molecule has 3 aromatic carbocycles. The number of H-pyrrole nitrogens is 2. The zero-order chi connectivity index (χ0) is 22.4. The molecular weight excluding hydrogens is 412 g/mol. The molecule has 3 heterocycles. The van der Waals surface area contributed by atoms with Crippen molar-refractivity contribution in [3.05, 3.63) is 90.8 Å². The summed E-state index contributed by atoms with van der Waals surface area (Å²) in [4.78, 5) is 31.5. The van der Waals surface area contributed by atoms with Gasteiger partial charge in [0.05, 0.1) is 22.1 Å². The van der Waals surface area contributed by atoms with Gasteiger partial charge in [-0.1, -0.05) is 24.3 Å². The second-order valence-corrected chi connectivity index (χ2v) is 7.81. The van der Waals surface area contributed by atoms with Crippen LogP contribution in [0.2, 0.25) is 0 Å². The summed E-state index contributed by atoms with van der Waals surface area (Å²) >= 11 is 0. The molecule has 6 rings (SSSR count). The average molecular weight is 430 g/mol. The Morgan fingerprint density at radius 1 is 0.636 bits per heavy atom. The molecule has 0 saturated heterocycles. The molecule has 158 valence electrons. The van der Waals surface area contributed by atoms with Gasteiger partial charge in [0.2, 0.25) is 5.91 Å². The van der Waals surface area contributed by atoms with E-state index in [1.54, 1.807) is 24.5 Å². The lowest BCUT2D eigenvalue weighted by Crippen LogP contribution is -2.10. The highest BCUT2D eigenvalue weighted by atomic mass is 16.1. The summed E-state index contributed by atoms with van der Waals surface area (Å²) in [6.07, 6.45) is 3.52. The number of carbonyl (C=O) groups is 1. The first-order valence-electron chi connectivity index (χ1n) is 10.4. The summed E-state index contributed by atoms with van der Waals surface area (Å²) in [5, 5.41) is 0. The van der Waals surface area contributed by atoms with Gasteiger partial charge >= 0.3 is 0 Å². The Hall–Kier alpha value is -4.78. The lowest BCUT2D eigenvalue weighted by atomic mass is 10.0. The maximum absolute atomic E-state index is 11.3. The van der Waals surface area contributed by atoms with Crippen molar-refractivity contribution >= 4 is 28.0 Å². The van der Waals surface area contributed by atoms with E-state index in [1.807, 2.05) is 36.4 Å². The minimum absolute atomic E-state index is 0.446. The van der Waals surface area contributed by atoms with E-state index in [-0.39, 0.29) is 0 Å². The molecule has 1 amide bonds. The Morgan fingerprint density at radius 2 is 1.12 bits per heavy atom. The largest absolute Gasteiger partial charge is 0.366 e. The molecule has 0 saturated carbocycles. The van der Waals surface area contributed by atoms with Crippen LogP contribution >= 0.6 is 0 Å². The number of carbonyl (C=O) groups excluding carboxylic acids is 1. The zero-order valence-electron chi connectivity index (χ0n) is 17.4. The third-order valence-corrected chi connectivity index (χ3v) is 5.69. The van der Waals surface area contributed by atoms with Crippen molar-refractivity contribution in [2.75, 3.05) is 0 Å². The van der Waals surface area contributed by atoms with E-state index in [0.717, 1.165) is 56.0 Å². The summed E-state index contributed by atoms with van der Waals surface area (Å²) in [6, 6.07) is 23.3. The van der Waals surface area contributed by atoms with Crippen LogP contribution in [-0.4, -0.2) is 30.8 Å². The van der Waals surface area contributed by atoms with E-state index in [2.05, 4.69) is 44.2 Å². The summed E-state index contributed by atoms with van der Waals surface area (Å²) in [5.41, 5.74) is 13.5. The molecule has 0 bridgehead atoms. The van der Waals surface area contributed by atoms with Gasteiger partial charge in [0.25, 0.3) is 0 Å². The third kappa shape index (κ3) is 3.41. The summed E-state index contributed by atoms with van der Waals surface area (Å²) < 4.78 is 0. The molecular formula is C26H18N6O. The molecule has 3 aromatic heterocycles. The third-order valence-electron chi connectivity index (χ3n) is 5.69. The summed E-state index contributed by atoms with van der Waals surface area (Å²) in [6.45, 7) is 0. The van der Waals surface area contributed by atoms with Crippen LogP contribution in [0.5, 0.6) is 0 Å². The van der Waals surface area contributed by atoms with Crippen molar-refractivity contribution in [3.63, 3.8) is 0 Å². The number of nitrogens with one attached hydrogen (secondary N) is 2. The van der Waals surface area contributed by atoms with E-state index in [9.17, 15) is 4.79 Å². The van der Waals surface area contributed by atoms with E-state index >= 15 is 0 Å². The van der Waals surface area contributed by atoms with Crippen LogP contribution in [0, 0.1) is 0 Å². The molecule has 0 radical (unpaired) electrons. The van der Waals surface area contributed by atoms with Crippen molar-refractivity contribution in [2.45, 2.75) is 0 Å². The van der Waals surface area contributed by atoms with Gasteiger partial charge in [-0.15, -0.1) is 0 Å². The first-order valence-corrected chi connectivity index (χ1v) is 10.4. The van der Waals surface area contributed by atoms with E-state index in [4.69, 9.17) is 10.7 Å². The maximum atomic E-state index is 11.3. The molecule has 7 nitrogen and oxygen atoms in total. The Bertz CT molecular complexity index is 1630. The van der Waals surface area contributed by atoms with Gasteiger partial charge in [0.1, 0.15) is 11.6 Å². The van der Waals surface area contributed by atoms with Gasteiger partial charge in [-0.25, -0.2) is 9.97 Å². The topological polar surface area (TPSA) is 113 Å². The lowest BCUT2D eigenvalue weighted by molar-refractivity contribution is 0.100. The number of primary amides is 1. The number of amides is 1. The van der Waals surface area contributed by atoms with E-state index in [1.165, 1.54) is 0 Å². The molecule has 0 aliphatic rings. The fourth-order valence-corrected chi connectivity index (χ4v) is 3.95. The first-order chi connectivity index (χ1) is 16.1. The Morgan fingerprint density at radius 3 is 1.64 bits per heavy atom. The predicted molar refractivity (Wildman–Crippen MR) is 128 cm³/mol. The number of aromatic amines is 2. The minimum Gasteiger partial charge on any atom is -0.366 e. The van der Waals surface area contributed by atoms with Crippen molar-refractivity contribution in [3.8, 4) is 33.9 Å². The molecule has 0 unspecified atom stereocenters. The normalized spacial score (nSPS) is 11.3. The number of imidazole rings is 2. The Labute approximate surface area is 188 Å². The molecule has 4 N–H and O–H groups in total. The number of aromatic nitrogens is 5. The smallest absolute Gasteiger partial charge is 0.248 e. The van der Waals surface area contributed by atoms with Crippen LogP contribution in [-0.2, 0) is 0 Å². The fraction of sp³-hybridized carbons (Fsp3) is 0. The molecule has 33 heavy (non-hydrogen) atoms. The number of hydrogen-bond acceptors (Lipinski definition) is 4. The van der Waals surface area contributed by atoms with Crippen LogP contribution in [0.4, 0.5) is 0 Å². The fourth-order valence-electron chi connectivity index (χ4n) is 3.95. The van der Waals surface area contributed by atoms with Crippen molar-refractivity contribution in [1.82, 2.24) is 24.9 Å². The van der Waals surface area contributed by atoms with Crippen LogP contribution in [0.3, 0.4) is 0 Å². The number of hydrogen-bond donors (Lipinski definition) is 3. The second kappa shape index (κ2) is 7.42. The molecule has 7 heteroatoms. The molecule has 0 spiro atoms. The van der Waals surface area contributed by atoms with Crippen molar-refractivity contribution in [1.29, 1.82) is 0 Å². The average Bonchev–Trinajstić information content (AvgIpc) is 3.48. The number of fused-ring (bicyclic) bond motifs is 2. The predicted octanol–water partition coefficient (Wildman–Crippen LogP) is 4.93. The van der Waals surface area contributed by atoms with Gasteiger partial charge < -0.3 is 15.7 Å². The summed E-state index contributed by atoms with van der Waals surface area (Å²) in [5.74, 6) is 1.11. The molecule has 6 aromatic rings. The SMILES string of the molecule is NC(=O)c1ccc(-c2nc3ccc(-c4ccc5nc(-c6ccncc6)[nH]c5c4)cc3[nH]2)cc1. The Balaban J connectivity index is 1.35. The molecule has 0 fully saturated rings. The van der Waals surface area contributed by atoms with Crippen molar-refractivity contribution < 1.29 is 4.79 Å². The van der Waals surface area contributed by atoms with Crippen LogP contribution in [0.25, 0.3) is 56.0 Å². The summed E-state index contributed by atoms with van der Waals surface area (Å²) in [7, 11) is 0. The van der Waals surface area contributed by atoms with Gasteiger partial charge in [-0.3, -0.25) is 9.78 Å². The van der Waals surface area contributed by atoms with Gasteiger partial charge in [0.15, 0.2) is 0 Å². The van der Waals surface area contributed by atoms with Crippen LogP contribution in [0.15, 0.2) is 85.2 Å². The van der Waals surface area contributed by atoms with Gasteiger partial charge in [-0.05, 0) is 59.7 Å². The van der Waals surface area contributed by atoms with E-state index < -0.39 is 5.91 Å². The lowest BCUT2D eigenvalue weighted by Gasteiger charge is -2.01. The van der Waals surface area contributed by atoms with Crippen LogP contribution < -0.4 is 5.73 Å². The van der Waals surface area contributed by atoms with Crippen molar-refractivity contribution in [2.24, 2.45) is 5.73 Å². The highest BCUT2D eigenvalue weighted by molar-refractivity contribution is 5.93. The first kappa shape index (κ1) is 18.9. The monoisotopic (exact) mass is 430 g/mol. The quantitative estimate of drug-likeness (QED) is 0.368. The highest BCUT2D eigenvalue weighted by Crippen LogP contribution is 2.29. The highest BCUT2D eigenvalue weighted by Gasteiger charge is 2.10. The molecule has 0 aliphatic carbocycles. The van der Waals surface area contributed by atoms with E-state index in [0.29, 0.717) is 5.56 Å². The number of pyridine rings is 1. The van der Waals surface area contributed by atoms with Gasteiger partial charge in [0, 0.05) is 29.1 Å². The number of nitrogens with zero attached hydrogens (tertiary/aromatic N) is 3. The number of benzene rings is 3. The minimum atomic E-state index is -0.446. The van der Waals surface area contributed by atoms with Gasteiger partial charge in [-0.2, -0.15) is 0 Å². The maximum Gasteiger partial charge on any atom is 0.248 e. The second-order valence-electron chi connectivity index (χ2n) is 7.81. The molecule has 0 atom stereocenters. The van der Waals surface area contributed by atoms with Crippen LogP contribution in [0.1, 0.15) is 10.4 Å². The number of nitrogens with two attached hydrogens (primary N) is 1.